The lowest BCUT2D eigenvalue weighted by molar-refractivity contribution is 0.225. The number of benzene rings is 1. The first-order valence-electron chi connectivity index (χ1n) is 7.03. The van der Waals surface area contributed by atoms with E-state index in [1.807, 2.05) is 0 Å². The zero-order chi connectivity index (χ0) is 12.3. The van der Waals surface area contributed by atoms with Crippen LogP contribution in [0.15, 0.2) is 24.3 Å². The standard InChI is InChI=1S/C16H25N/c1-4-16(15-10-8-12(2)9-11-15)17-13(3)14-6-5-7-14/h8-11,13-14,16-17H,4-7H2,1-3H3. The van der Waals surface area contributed by atoms with Gasteiger partial charge < -0.3 is 5.32 Å². The normalized spacial score (nSPS) is 19.7. The number of hydrogen-bond acceptors (Lipinski definition) is 1. The predicted molar refractivity (Wildman–Crippen MR) is 74.1 cm³/mol. The van der Waals surface area contributed by atoms with Crippen LogP contribution in [0.3, 0.4) is 0 Å². The third kappa shape index (κ3) is 3.10. The monoisotopic (exact) mass is 231 g/mol. The SMILES string of the molecule is CCC(NC(C)C1CCC1)c1ccc(C)cc1. The molecular formula is C16H25N. The highest BCUT2D eigenvalue weighted by Crippen LogP contribution is 2.31. The van der Waals surface area contributed by atoms with Crippen molar-refractivity contribution in [1.29, 1.82) is 0 Å². The fourth-order valence-electron chi connectivity index (χ4n) is 2.64. The van der Waals surface area contributed by atoms with E-state index in [0.29, 0.717) is 12.1 Å². The molecule has 1 fully saturated rings. The number of rotatable bonds is 5. The number of nitrogens with one attached hydrogen (secondary N) is 1. The van der Waals surface area contributed by atoms with Gasteiger partial charge in [0.25, 0.3) is 0 Å². The molecule has 1 aromatic rings. The molecule has 0 saturated heterocycles. The highest BCUT2D eigenvalue weighted by molar-refractivity contribution is 5.24. The molecule has 2 unspecified atom stereocenters. The smallest absolute Gasteiger partial charge is 0.0320 e. The minimum atomic E-state index is 0.520. The summed E-state index contributed by atoms with van der Waals surface area (Å²) in [7, 11) is 0. The van der Waals surface area contributed by atoms with Gasteiger partial charge in [-0.25, -0.2) is 0 Å². The Kier molecular flexibility index (Phi) is 4.22. The van der Waals surface area contributed by atoms with Gasteiger partial charge >= 0.3 is 0 Å². The van der Waals surface area contributed by atoms with E-state index in [-0.39, 0.29) is 0 Å². The van der Waals surface area contributed by atoms with Crippen LogP contribution >= 0.6 is 0 Å². The molecule has 1 nitrogen and oxygen atoms in total. The Morgan fingerprint density at radius 2 is 1.88 bits per heavy atom. The topological polar surface area (TPSA) is 12.0 Å². The number of aryl methyl sites for hydroxylation is 1. The first-order valence-corrected chi connectivity index (χ1v) is 7.03. The van der Waals surface area contributed by atoms with Gasteiger partial charge in [-0.1, -0.05) is 43.2 Å². The molecule has 94 valence electrons. The predicted octanol–water partition coefficient (Wildman–Crippen LogP) is 4.22. The summed E-state index contributed by atoms with van der Waals surface area (Å²) in [6.45, 7) is 6.76. The van der Waals surface area contributed by atoms with E-state index in [4.69, 9.17) is 0 Å². The van der Waals surface area contributed by atoms with Gasteiger partial charge in [0, 0.05) is 12.1 Å². The summed E-state index contributed by atoms with van der Waals surface area (Å²) in [6.07, 6.45) is 5.43. The second-order valence-corrected chi connectivity index (χ2v) is 5.52. The summed E-state index contributed by atoms with van der Waals surface area (Å²) in [5, 5.41) is 3.80. The van der Waals surface area contributed by atoms with Crippen LogP contribution in [0, 0.1) is 12.8 Å². The van der Waals surface area contributed by atoms with Crippen LogP contribution in [-0.4, -0.2) is 6.04 Å². The highest BCUT2D eigenvalue weighted by Gasteiger charge is 2.25. The quantitative estimate of drug-likeness (QED) is 0.800. The van der Waals surface area contributed by atoms with Crippen LogP contribution in [0.25, 0.3) is 0 Å². The van der Waals surface area contributed by atoms with Crippen molar-refractivity contribution < 1.29 is 0 Å². The van der Waals surface area contributed by atoms with Gasteiger partial charge in [-0.3, -0.25) is 0 Å². The minimum Gasteiger partial charge on any atom is -0.307 e. The van der Waals surface area contributed by atoms with E-state index in [2.05, 4.69) is 50.4 Å². The second-order valence-electron chi connectivity index (χ2n) is 5.52. The van der Waals surface area contributed by atoms with E-state index in [9.17, 15) is 0 Å². The average Bonchev–Trinajstić information content (AvgIpc) is 2.25. The van der Waals surface area contributed by atoms with Crippen molar-refractivity contribution in [3.05, 3.63) is 35.4 Å². The molecule has 0 aromatic heterocycles. The molecule has 0 spiro atoms. The zero-order valence-corrected chi connectivity index (χ0v) is 11.4. The van der Waals surface area contributed by atoms with Gasteiger partial charge in [-0.2, -0.15) is 0 Å². The largest absolute Gasteiger partial charge is 0.307 e. The summed E-state index contributed by atoms with van der Waals surface area (Å²) >= 11 is 0. The Morgan fingerprint density at radius 1 is 1.24 bits per heavy atom. The molecule has 1 aliphatic carbocycles. The van der Waals surface area contributed by atoms with Gasteiger partial charge in [-0.15, -0.1) is 0 Å². The molecule has 1 aliphatic rings. The van der Waals surface area contributed by atoms with Crippen molar-refractivity contribution in [2.75, 3.05) is 0 Å². The molecule has 1 saturated carbocycles. The molecule has 0 amide bonds. The fraction of sp³-hybridized carbons (Fsp3) is 0.625. The van der Waals surface area contributed by atoms with Crippen molar-refractivity contribution in [3.8, 4) is 0 Å². The Bertz CT molecular complexity index is 337. The van der Waals surface area contributed by atoms with Crippen LogP contribution in [0.4, 0.5) is 0 Å². The number of hydrogen-bond donors (Lipinski definition) is 1. The maximum Gasteiger partial charge on any atom is 0.0320 e. The molecular weight excluding hydrogens is 206 g/mol. The Labute approximate surface area is 106 Å². The summed E-state index contributed by atoms with van der Waals surface area (Å²) in [6, 6.07) is 10.1. The lowest BCUT2D eigenvalue weighted by Gasteiger charge is -2.34. The van der Waals surface area contributed by atoms with Crippen LogP contribution in [0.1, 0.15) is 56.7 Å². The van der Waals surface area contributed by atoms with E-state index in [1.165, 1.54) is 36.8 Å². The second kappa shape index (κ2) is 5.68. The zero-order valence-electron chi connectivity index (χ0n) is 11.4. The van der Waals surface area contributed by atoms with Crippen molar-refractivity contribution in [2.45, 2.75) is 58.5 Å². The molecule has 17 heavy (non-hydrogen) atoms. The van der Waals surface area contributed by atoms with Crippen LogP contribution in [0.5, 0.6) is 0 Å². The average molecular weight is 231 g/mol. The lowest BCUT2D eigenvalue weighted by Crippen LogP contribution is -2.39. The van der Waals surface area contributed by atoms with Gasteiger partial charge in [0.15, 0.2) is 0 Å². The third-order valence-corrected chi connectivity index (χ3v) is 4.21. The molecule has 2 rings (SSSR count). The molecule has 1 N–H and O–H groups in total. The lowest BCUT2D eigenvalue weighted by atomic mass is 9.80. The summed E-state index contributed by atoms with van der Waals surface area (Å²) in [4.78, 5) is 0. The van der Waals surface area contributed by atoms with Crippen LogP contribution in [0.2, 0.25) is 0 Å². The van der Waals surface area contributed by atoms with E-state index < -0.39 is 0 Å². The van der Waals surface area contributed by atoms with Gasteiger partial charge in [-0.05, 0) is 44.6 Å². The molecule has 0 radical (unpaired) electrons. The molecule has 0 heterocycles. The molecule has 1 aromatic carbocycles. The van der Waals surface area contributed by atoms with E-state index in [0.717, 1.165) is 5.92 Å². The first kappa shape index (κ1) is 12.6. The highest BCUT2D eigenvalue weighted by atomic mass is 15.0. The summed E-state index contributed by atoms with van der Waals surface area (Å²) < 4.78 is 0. The minimum absolute atomic E-state index is 0.520. The van der Waals surface area contributed by atoms with E-state index in [1.54, 1.807) is 0 Å². The molecule has 1 heteroatoms. The van der Waals surface area contributed by atoms with Crippen molar-refractivity contribution in [3.63, 3.8) is 0 Å². The van der Waals surface area contributed by atoms with Crippen LogP contribution < -0.4 is 5.32 Å². The maximum atomic E-state index is 3.80. The van der Waals surface area contributed by atoms with Gasteiger partial charge in [0.05, 0.1) is 0 Å². The Morgan fingerprint density at radius 3 is 2.35 bits per heavy atom. The van der Waals surface area contributed by atoms with Gasteiger partial charge in [0.1, 0.15) is 0 Å². The molecule has 2 atom stereocenters. The first-order chi connectivity index (χ1) is 8.20. The van der Waals surface area contributed by atoms with Crippen molar-refractivity contribution >= 4 is 0 Å². The van der Waals surface area contributed by atoms with Crippen LogP contribution in [-0.2, 0) is 0 Å². The summed E-state index contributed by atoms with van der Waals surface area (Å²) in [5.41, 5.74) is 2.78. The Hall–Kier alpha value is -0.820. The summed E-state index contributed by atoms with van der Waals surface area (Å²) in [5.74, 6) is 0.912. The molecule has 0 bridgehead atoms. The molecule has 0 aliphatic heterocycles. The van der Waals surface area contributed by atoms with Crippen molar-refractivity contribution in [2.24, 2.45) is 5.92 Å². The van der Waals surface area contributed by atoms with E-state index >= 15 is 0 Å². The fourth-order valence-corrected chi connectivity index (χ4v) is 2.64. The van der Waals surface area contributed by atoms with Gasteiger partial charge in [0.2, 0.25) is 0 Å². The maximum absolute atomic E-state index is 3.80. The third-order valence-electron chi connectivity index (χ3n) is 4.21. The van der Waals surface area contributed by atoms with Crippen molar-refractivity contribution in [1.82, 2.24) is 5.32 Å². The Balaban J connectivity index is 1.97.